The molecule has 3 aromatic rings. The van der Waals surface area contributed by atoms with E-state index in [9.17, 15) is 9.59 Å². The van der Waals surface area contributed by atoms with Crippen molar-refractivity contribution < 1.29 is 9.59 Å². The lowest BCUT2D eigenvalue weighted by Crippen LogP contribution is -2.53. The molecule has 0 radical (unpaired) electrons. The van der Waals surface area contributed by atoms with Gasteiger partial charge >= 0.3 is 0 Å². The number of hydrogen-bond acceptors (Lipinski definition) is 6. The van der Waals surface area contributed by atoms with Gasteiger partial charge in [-0.1, -0.05) is 36.4 Å². The Morgan fingerprint density at radius 2 is 1.90 bits per heavy atom. The van der Waals surface area contributed by atoms with Gasteiger partial charge in [-0.25, -0.2) is 4.98 Å². The highest BCUT2D eigenvalue weighted by atomic mass is 32.1. The number of nitrogens with zero attached hydrogens (tertiary/aromatic N) is 3. The summed E-state index contributed by atoms with van der Waals surface area (Å²) in [6.45, 7) is 2.77. The first kappa shape index (κ1) is 20.4. The lowest BCUT2D eigenvalue weighted by molar-refractivity contribution is -0.124. The van der Waals surface area contributed by atoms with E-state index in [0.717, 1.165) is 28.5 Å². The third-order valence-electron chi connectivity index (χ3n) is 6.32. The number of rotatable bonds is 4. The molecule has 0 unspecified atom stereocenters. The molecule has 1 aromatic carbocycles. The van der Waals surface area contributed by atoms with Crippen molar-refractivity contribution >= 4 is 34.5 Å². The highest BCUT2D eigenvalue weighted by Crippen LogP contribution is 2.40. The second-order valence-electron chi connectivity index (χ2n) is 7.99. The summed E-state index contributed by atoms with van der Waals surface area (Å²) in [5.74, 6) is 0.00107. The van der Waals surface area contributed by atoms with Gasteiger partial charge in [-0.15, -0.1) is 22.7 Å². The molecule has 0 aliphatic carbocycles. The molecule has 31 heavy (non-hydrogen) atoms. The quantitative estimate of drug-likeness (QED) is 0.661. The number of amides is 2. The van der Waals surface area contributed by atoms with Crippen molar-refractivity contribution in [1.29, 1.82) is 0 Å². The molecule has 2 aliphatic heterocycles. The van der Waals surface area contributed by atoms with Crippen LogP contribution < -0.4 is 5.32 Å². The van der Waals surface area contributed by atoms with Crippen LogP contribution in [-0.4, -0.2) is 65.9 Å². The topological polar surface area (TPSA) is 65.5 Å². The van der Waals surface area contributed by atoms with Crippen molar-refractivity contribution in [3.8, 4) is 9.88 Å². The van der Waals surface area contributed by atoms with Crippen LogP contribution in [0.25, 0.3) is 9.88 Å². The fourth-order valence-corrected chi connectivity index (χ4v) is 6.45. The molecule has 160 valence electrons. The Morgan fingerprint density at radius 3 is 2.65 bits per heavy atom. The summed E-state index contributed by atoms with van der Waals surface area (Å²) in [4.78, 5) is 35.9. The fraction of sp³-hybridized carbons (Fsp3) is 0.348. The zero-order chi connectivity index (χ0) is 21.4. The van der Waals surface area contributed by atoms with Gasteiger partial charge in [-0.05, 0) is 17.0 Å². The van der Waals surface area contributed by atoms with E-state index in [1.54, 1.807) is 18.4 Å². The summed E-state index contributed by atoms with van der Waals surface area (Å²) in [5, 5.41) is 7.61. The minimum Gasteiger partial charge on any atom is -0.359 e. The Kier molecular flexibility index (Phi) is 5.60. The minimum absolute atomic E-state index is 0.0195. The Labute approximate surface area is 189 Å². The van der Waals surface area contributed by atoms with Gasteiger partial charge in [0.15, 0.2) is 0 Å². The first-order valence-corrected chi connectivity index (χ1v) is 12.2. The van der Waals surface area contributed by atoms with Gasteiger partial charge in [0.1, 0.15) is 10.7 Å². The molecule has 2 aromatic heterocycles. The van der Waals surface area contributed by atoms with Crippen LogP contribution in [0.2, 0.25) is 0 Å². The molecule has 2 fully saturated rings. The summed E-state index contributed by atoms with van der Waals surface area (Å²) in [5.41, 5.74) is 1.67. The Bertz CT molecular complexity index is 1070. The number of benzene rings is 1. The average Bonchev–Trinajstić information content (AvgIpc) is 3.57. The molecule has 0 bridgehead atoms. The Hall–Kier alpha value is -2.55. The predicted molar refractivity (Wildman–Crippen MR) is 123 cm³/mol. The van der Waals surface area contributed by atoms with E-state index in [2.05, 4.69) is 27.3 Å². The second kappa shape index (κ2) is 8.53. The molecule has 0 saturated carbocycles. The lowest BCUT2D eigenvalue weighted by atomic mass is 9.83. The second-order valence-corrected chi connectivity index (χ2v) is 9.79. The van der Waals surface area contributed by atoms with E-state index >= 15 is 0 Å². The van der Waals surface area contributed by atoms with Crippen molar-refractivity contribution in [2.45, 2.75) is 12.0 Å². The maximum absolute atomic E-state index is 13.3. The SMILES string of the molecule is CNC(=O)[C@@H]1CN2CCN(C(=O)c3csc(-c4cccs4)n3)C[C@@H]2[C@H]1c1ccccc1. The van der Waals surface area contributed by atoms with E-state index in [-0.39, 0.29) is 29.7 Å². The number of thiophene rings is 1. The van der Waals surface area contributed by atoms with Crippen LogP contribution in [0.4, 0.5) is 0 Å². The van der Waals surface area contributed by atoms with Crippen molar-refractivity contribution in [2.75, 3.05) is 33.2 Å². The van der Waals surface area contributed by atoms with Crippen LogP contribution in [-0.2, 0) is 4.79 Å². The number of nitrogens with one attached hydrogen (secondary N) is 1. The summed E-state index contributed by atoms with van der Waals surface area (Å²) in [6, 6.07) is 14.4. The first-order valence-electron chi connectivity index (χ1n) is 10.4. The van der Waals surface area contributed by atoms with E-state index in [1.165, 1.54) is 11.3 Å². The zero-order valence-electron chi connectivity index (χ0n) is 17.2. The van der Waals surface area contributed by atoms with Gasteiger partial charge in [-0.2, -0.15) is 0 Å². The third-order valence-corrected chi connectivity index (χ3v) is 8.20. The number of aromatic nitrogens is 1. The maximum Gasteiger partial charge on any atom is 0.273 e. The van der Waals surface area contributed by atoms with E-state index in [0.29, 0.717) is 18.8 Å². The molecule has 5 rings (SSSR count). The molecule has 4 heterocycles. The highest BCUT2D eigenvalue weighted by Gasteiger charge is 2.48. The summed E-state index contributed by atoms with van der Waals surface area (Å²) in [7, 11) is 1.70. The molecule has 6 nitrogen and oxygen atoms in total. The van der Waals surface area contributed by atoms with E-state index in [4.69, 9.17) is 0 Å². The third kappa shape index (κ3) is 3.79. The number of fused-ring (bicyclic) bond motifs is 1. The van der Waals surface area contributed by atoms with Gasteiger partial charge in [0, 0.05) is 50.6 Å². The van der Waals surface area contributed by atoms with Crippen LogP contribution in [0.3, 0.4) is 0 Å². The lowest BCUT2D eigenvalue weighted by Gasteiger charge is -2.39. The predicted octanol–water partition coefficient (Wildman–Crippen LogP) is 3.16. The molecule has 2 amide bonds. The van der Waals surface area contributed by atoms with Crippen molar-refractivity contribution in [1.82, 2.24) is 20.1 Å². The smallest absolute Gasteiger partial charge is 0.273 e. The van der Waals surface area contributed by atoms with Crippen LogP contribution in [0.5, 0.6) is 0 Å². The zero-order valence-corrected chi connectivity index (χ0v) is 18.9. The van der Waals surface area contributed by atoms with Gasteiger partial charge < -0.3 is 10.2 Å². The van der Waals surface area contributed by atoms with Crippen LogP contribution in [0, 0.1) is 5.92 Å². The molecule has 8 heteroatoms. The van der Waals surface area contributed by atoms with Crippen LogP contribution in [0.15, 0.2) is 53.2 Å². The van der Waals surface area contributed by atoms with Crippen molar-refractivity contribution in [3.05, 3.63) is 64.5 Å². The normalized spacial score (nSPS) is 23.5. The Morgan fingerprint density at radius 1 is 1.06 bits per heavy atom. The standard InChI is InChI=1S/C23H24N4O2S2/c1-24-21(28)16-12-26-9-10-27(13-18(26)20(16)15-6-3-2-4-7-15)23(29)17-14-31-22(25-17)19-8-5-11-30-19/h2-8,11,14,16,18,20H,9-10,12-13H2,1H3,(H,24,28)/t16-,18-,20+/m1/s1. The molecule has 0 spiro atoms. The monoisotopic (exact) mass is 452 g/mol. The summed E-state index contributed by atoms with van der Waals surface area (Å²) in [6.07, 6.45) is 0. The number of carbonyl (C=O) groups is 2. The summed E-state index contributed by atoms with van der Waals surface area (Å²) >= 11 is 3.14. The van der Waals surface area contributed by atoms with Gasteiger partial charge in [0.2, 0.25) is 5.91 Å². The summed E-state index contributed by atoms with van der Waals surface area (Å²) < 4.78 is 0. The van der Waals surface area contributed by atoms with Crippen molar-refractivity contribution in [2.24, 2.45) is 5.92 Å². The van der Waals surface area contributed by atoms with Gasteiger partial charge in [0.05, 0.1) is 10.8 Å². The van der Waals surface area contributed by atoms with Gasteiger partial charge in [0.25, 0.3) is 5.91 Å². The number of thiazole rings is 1. The minimum atomic E-state index is -0.114. The molecular formula is C23H24N4O2S2. The molecule has 1 N–H and O–H groups in total. The largest absolute Gasteiger partial charge is 0.359 e. The number of piperazine rings is 1. The Balaban J connectivity index is 1.38. The number of carbonyl (C=O) groups excluding carboxylic acids is 2. The first-order chi connectivity index (χ1) is 15.2. The molecule has 2 aliphatic rings. The van der Waals surface area contributed by atoms with E-state index in [1.807, 2.05) is 46.0 Å². The fourth-order valence-electron chi connectivity index (χ4n) is 4.84. The number of hydrogen-bond donors (Lipinski definition) is 1. The molecule has 2 saturated heterocycles. The highest BCUT2D eigenvalue weighted by molar-refractivity contribution is 7.20. The average molecular weight is 453 g/mol. The van der Waals surface area contributed by atoms with Crippen LogP contribution >= 0.6 is 22.7 Å². The van der Waals surface area contributed by atoms with E-state index < -0.39 is 0 Å². The van der Waals surface area contributed by atoms with Crippen LogP contribution in [0.1, 0.15) is 22.0 Å². The molecular weight excluding hydrogens is 428 g/mol. The maximum atomic E-state index is 13.3. The molecule has 3 atom stereocenters. The van der Waals surface area contributed by atoms with Crippen molar-refractivity contribution in [3.63, 3.8) is 0 Å². The van der Waals surface area contributed by atoms with Gasteiger partial charge in [-0.3, -0.25) is 14.5 Å².